The molecule has 0 bridgehead atoms. The fraction of sp³-hybridized carbons (Fsp3) is 0.548. The Bertz CT molecular complexity index is 1320. The van der Waals surface area contributed by atoms with E-state index in [4.69, 9.17) is 4.74 Å². The van der Waals surface area contributed by atoms with E-state index in [1.165, 1.54) is 0 Å². The first-order chi connectivity index (χ1) is 21.0. The van der Waals surface area contributed by atoms with Crippen molar-refractivity contribution in [2.24, 2.45) is 0 Å². The molecule has 44 heavy (non-hydrogen) atoms. The van der Waals surface area contributed by atoms with Gasteiger partial charge in [0, 0.05) is 31.0 Å². The van der Waals surface area contributed by atoms with Gasteiger partial charge in [-0.3, -0.25) is 9.59 Å². The van der Waals surface area contributed by atoms with Gasteiger partial charge in [-0.05, 0) is 54.5 Å². The zero-order valence-corrected chi connectivity index (χ0v) is 26.8. The van der Waals surface area contributed by atoms with Crippen LogP contribution in [-0.2, 0) is 38.8 Å². The second-order valence-electron chi connectivity index (χ2n) is 11.0. The highest BCUT2D eigenvalue weighted by Crippen LogP contribution is 2.21. The van der Waals surface area contributed by atoms with Crippen molar-refractivity contribution in [3.63, 3.8) is 0 Å². The molecule has 0 aromatic heterocycles. The van der Waals surface area contributed by atoms with Gasteiger partial charge in [-0.15, -0.1) is 0 Å². The summed E-state index contributed by atoms with van der Waals surface area (Å²) in [5.74, 6) is -3.22. The molecule has 0 radical (unpaired) electrons. The average Bonchev–Trinajstić information content (AvgIpc) is 3.47. The summed E-state index contributed by atoms with van der Waals surface area (Å²) < 4.78 is 59.0. The number of sulfone groups is 1. The number of carbonyl (C=O) groups excluding carboxylic acids is 2. The molecule has 1 aliphatic heterocycles. The summed E-state index contributed by atoms with van der Waals surface area (Å²) in [5, 5.41) is 18.8. The number of aliphatic hydroxyl groups is 1. The van der Waals surface area contributed by atoms with Crippen LogP contribution in [0.2, 0.25) is 0 Å². The number of nitrogens with one attached hydrogen (secondary N) is 3. The van der Waals surface area contributed by atoms with E-state index in [9.17, 15) is 31.9 Å². The molecule has 9 nitrogen and oxygen atoms in total. The molecule has 1 unspecified atom stereocenters. The number of carbonyl (C=O) groups is 2. The van der Waals surface area contributed by atoms with E-state index in [2.05, 4.69) is 16.0 Å². The second kappa shape index (κ2) is 17.8. The summed E-state index contributed by atoms with van der Waals surface area (Å²) >= 11 is 0.947. The first-order valence-corrected chi connectivity index (χ1v) is 17.6. The van der Waals surface area contributed by atoms with Crippen LogP contribution in [0.4, 0.5) is 13.6 Å². The molecule has 0 aliphatic carbocycles. The van der Waals surface area contributed by atoms with Gasteiger partial charge >= 0.3 is 0 Å². The first-order valence-electron chi connectivity index (χ1n) is 14.9. The number of benzene rings is 2. The molecular formula is C31H43F2N3O6S2. The van der Waals surface area contributed by atoms with Crippen LogP contribution in [0.3, 0.4) is 0 Å². The molecule has 1 aliphatic rings. The third kappa shape index (κ3) is 12.4. The number of halogens is 2. The number of aliphatic hydroxyl groups excluding tert-OH is 1. The monoisotopic (exact) mass is 655 g/mol. The van der Waals surface area contributed by atoms with Crippen LogP contribution in [0, 0.1) is 11.6 Å². The molecule has 4 atom stereocenters. The van der Waals surface area contributed by atoms with Gasteiger partial charge in [0.25, 0.3) is 5.24 Å². The maximum atomic E-state index is 14.0. The van der Waals surface area contributed by atoms with E-state index < -0.39 is 56.6 Å². The van der Waals surface area contributed by atoms with Crippen molar-refractivity contribution < 1.29 is 36.6 Å². The number of hydrogen-bond acceptors (Lipinski definition) is 8. The minimum atomic E-state index is -3.72. The van der Waals surface area contributed by atoms with Crippen LogP contribution >= 0.6 is 11.8 Å². The van der Waals surface area contributed by atoms with E-state index in [1.54, 1.807) is 0 Å². The Labute approximate surface area is 262 Å². The van der Waals surface area contributed by atoms with Crippen molar-refractivity contribution in [3.8, 4) is 0 Å². The summed E-state index contributed by atoms with van der Waals surface area (Å²) in [5.41, 5.74) is 2.34. The average molecular weight is 656 g/mol. The topological polar surface area (TPSA) is 134 Å². The number of hydrogen-bond donors (Lipinski definition) is 4. The van der Waals surface area contributed by atoms with Crippen molar-refractivity contribution in [1.29, 1.82) is 0 Å². The Hall–Kier alpha value is -2.58. The van der Waals surface area contributed by atoms with Crippen LogP contribution in [-0.4, -0.2) is 79.4 Å². The molecule has 2 aromatic rings. The van der Waals surface area contributed by atoms with Crippen LogP contribution in [0.5, 0.6) is 0 Å². The van der Waals surface area contributed by atoms with Gasteiger partial charge in [-0.1, -0.05) is 56.3 Å². The molecule has 3 rings (SSSR count). The van der Waals surface area contributed by atoms with Gasteiger partial charge in [-0.25, -0.2) is 17.2 Å². The molecular weight excluding hydrogens is 612 g/mol. The molecule has 244 valence electrons. The van der Waals surface area contributed by atoms with E-state index >= 15 is 0 Å². The zero-order chi connectivity index (χ0) is 32.1. The highest BCUT2D eigenvalue weighted by Gasteiger charge is 2.32. The van der Waals surface area contributed by atoms with Gasteiger partial charge in [0.15, 0.2) is 9.84 Å². The first kappa shape index (κ1) is 35.9. The Morgan fingerprint density at radius 3 is 2.45 bits per heavy atom. The molecule has 2 amide bonds. The second-order valence-corrected chi connectivity index (χ2v) is 14.5. The number of aryl methyl sites for hydroxylation is 1. The van der Waals surface area contributed by atoms with E-state index in [-0.39, 0.29) is 29.5 Å². The summed E-state index contributed by atoms with van der Waals surface area (Å²) in [6.07, 6.45) is 1.18. The standard InChI is InChI=1S/C31H43F2N3O6S2/c1-3-5-11-44(40,41)20-28(36-31(39)43-26-9-10-42-19-26)30(38)35-27(15-23-13-24(32)16-25(33)14-23)29(37)18-34-17-22-8-6-7-21(4-2)12-22/h6-8,12-14,16,26-29,34,37H,3-5,9-11,15,17-20H2,1-2H3,(H,35,38)(H,36,39)/t26?,27-,28+,29+/m0/s1. The summed E-state index contributed by atoms with van der Waals surface area (Å²) in [7, 11) is -3.72. The lowest BCUT2D eigenvalue weighted by atomic mass is 10.00. The van der Waals surface area contributed by atoms with Gasteiger partial charge in [-0.2, -0.15) is 0 Å². The Morgan fingerprint density at radius 1 is 1.07 bits per heavy atom. The summed E-state index contributed by atoms with van der Waals surface area (Å²) in [6, 6.07) is 8.36. The van der Waals surface area contributed by atoms with Crippen molar-refractivity contribution in [3.05, 3.63) is 70.8 Å². The van der Waals surface area contributed by atoms with E-state index in [1.807, 2.05) is 38.1 Å². The minimum Gasteiger partial charge on any atom is -0.390 e. The molecule has 1 saturated heterocycles. The smallest absolute Gasteiger partial charge is 0.280 e. The van der Waals surface area contributed by atoms with Gasteiger partial charge in [0.1, 0.15) is 17.7 Å². The van der Waals surface area contributed by atoms with Gasteiger partial charge < -0.3 is 25.8 Å². The minimum absolute atomic E-state index is 0.0163. The molecule has 13 heteroatoms. The summed E-state index contributed by atoms with van der Waals surface area (Å²) in [4.78, 5) is 26.4. The predicted octanol–water partition coefficient (Wildman–Crippen LogP) is 3.52. The predicted molar refractivity (Wildman–Crippen MR) is 168 cm³/mol. The highest BCUT2D eigenvalue weighted by atomic mass is 32.2. The lowest BCUT2D eigenvalue weighted by molar-refractivity contribution is -0.124. The number of rotatable bonds is 17. The number of ether oxygens (including phenoxy) is 1. The third-order valence-corrected chi connectivity index (χ3v) is 10.0. The third-order valence-electron chi connectivity index (χ3n) is 7.25. The molecule has 0 saturated carbocycles. The molecule has 0 spiro atoms. The fourth-order valence-corrected chi connectivity index (χ4v) is 7.36. The lowest BCUT2D eigenvalue weighted by Gasteiger charge is -2.27. The Morgan fingerprint density at radius 2 is 1.80 bits per heavy atom. The van der Waals surface area contributed by atoms with Crippen molar-refractivity contribution in [1.82, 2.24) is 16.0 Å². The van der Waals surface area contributed by atoms with E-state index in [0.717, 1.165) is 47.5 Å². The Kier molecular flexibility index (Phi) is 14.5. The van der Waals surface area contributed by atoms with Crippen LogP contribution in [0.25, 0.3) is 0 Å². The van der Waals surface area contributed by atoms with E-state index in [0.29, 0.717) is 39.0 Å². The fourth-order valence-electron chi connectivity index (χ4n) is 4.83. The lowest BCUT2D eigenvalue weighted by Crippen LogP contribution is -2.56. The molecule has 1 heterocycles. The van der Waals surface area contributed by atoms with Crippen molar-refractivity contribution in [2.45, 2.75) is 75.9 Å². The van der Waals surface area contributed by atoms with Crippen molar-refractivity contribution in [2.75, 3.05) is 31.3 Å². The SMILES string of the molecule is CCCCS(=O)(=O)C[C@@H](NC(=O)SC1CCOC1)C(=O)N[C@@H](Cc1cc(F)cc(F)c1)[C@H](O)CNCc1cccc(CC)c1. The van der Waals surface area contributed by atoms with Gasteiger partial charge in [0.2, 0.25) is 5.91 Å². The summed E-state index contributed by atoms with van der Waals surface area (Å²) in [6.45, 7) is 5.22. The van der Waals surface area contributed by atoms with Crippen LogP contribution < -0.4 is 16.0 Å². The van der Waals surface area contributed by atoms with Gasteiger partial charge in [0.05, 0.1) is 30.3 Å². The number of amides is 2. The normalized spacial score (nSPS) is 17.2. The Balaban J connectivity index is 1.77. The highest BCUT2D eigenvalue weighted by molar-refractivity contribution is 8.14. The zero-order valence-electron chi connectivity index (χ0n) is 25.2. The molecule has 2 aromatic carbocycles. The van der Waals surface area contributed by atoms with Crippen molar-refractivity contribution >= 4 is 32.7 Å². The number of unbranched alkanes of at least 4 members (excludes halogenated alkanes) is 1. The van der Waals surface area contributed by atoms with Crippen LogP contribution in [0.15, 0.2) is 42.5 Å². The maximum absolute atomic E-state index is 14.0. The maximum Gasteiger partial charge on any atom is 0.280 e. The quantitative estimate of drug-likeness (QED) is 0.204. The molecule has 1 fully saturated rings. The van der Waals surface area contributed by atoms with Crippen LogP contribution in [0.1, 0.15) is 49.8 Å². The molecule has 4 N–H and O–H groups in total. The largest absolute Gasteiger partial charge is 0.390 e. The number of thioether (sulfide) groups is 1.